The number of fused-ring (bicyclic) bond motifs is 5. The van der Waals surface area contributed by atoms with E-state index in [9.17, 15) is 47.9 Å². The van der Waals surface area contributed by atoms with Gasteiger partial charge in [-0.15, -0.1) is 0 Å². The van der Waals surface area contributed by atoms with Crippen molar-refractivity contribution in [1.29, 1.82) is 0 Å². The molecule has 0 atom stereocenters. The van der Waals surface area contributed by atoms with Crippen molar-refractivity contribution in [2.24, 2.45) is 0 Å². The van der Waals surface area contributed by atoms with Gasteiger partial charge >= 0.3 is 0 Å². The smallest absolute Gasteiger partial charge is 0.265 e. The van der Waals surface area contributed by atoms with Crippen molar-refractivity contribution < 1.29 is 88.5 Å². The van der Waals surface area contributed by atoms with Gasteiger partial charge in [-0.25, -0.2) is 0 Å². The zero-order chi connectivity index (χ0) is 98.0. The number of rotatable bonds is 34. The van der Waals surface area contributed by atoms with E-state index in [-0.39, 0.29) is 126 Å². The van der Waals surface area contributed by atoms with Crippen molar-refractivity contribution in [3.63, 3.8) is 0 Å². The molecule has 742 valence electrons. The molecule has 0 aromatic heterocycles. The summed E-state index contributed by atoms with van der Waals surface area (Å²) < 4.78 is 29.9. The highest BCUT2D eigenvalue weighted by molar-refractivity contribution is 6.33. The summed E-state index contributed by atoms with van der Waals surface area (Å²) >= 11 is 30.3. The van der Waals surface area contributed by atoms with Crippen molar-refractivity contribution in [1.82, 2.24) is 44.1 Å². The van der Waals surface area contributed by atoms with Crippen LogP contribution in [0.4, 0.5) is 0 Å². The van der Waals surface area contributed by atoms with Crippen LogP contribution in [-0.4, -0.2) is 249 Å². The summed E-state index contributed by atoms with van der Waals surface area (Å²) in [7, 11) is 14.0. The van der Waals surface area contributed by atoms with E-state index in [1.54, 1.807) is 121 Å². The number of hydrogen-bond acceptors (Lipinski definition) is 19. The average Bonchev–Trinajstić information content (AvgIpc) is 1.64. The fraction of sp³-hybridized carbons (Fsp3) is 0.352. The van der Waals surface area contributed by atoms with Crippen LogP contribution in [0.5, 0.6) is 28.7 Å². The van der Waals surface area contributed by atoms with Gasteiger partial charge in [0.1, 0.15) is 68.3 Å². The van der Waals surface area contributed by atoms with Crippen LogP contribution in [0.3, 0.4) is 0 Å². The third-order valence-corrected chi connectivity index (χ3v) is 25.5. The number of aryl methyl sites for hydroxylation is 5. The lowest BCUT2D eigenvalue weighted by molar-refractivity contribution is -0.870. The van der Waals surface area contributed by atoms with Gasteiger partial charge in [0.2, 0.25) is 0 Å². The molecule has 5 aliphatic heterocycles. The minimum atomic E-state index is -0.321. The largest absolute Gasteiger partial charge is 1.00 e. The standard InChI is InChI=1S/2C22H25ClN2O3.C21H24ClN2O3.2C20H21ClN2O3.3CH4.ClH/c2*1-4-24(5-2)11-12-28-19-8-6-7-17-20(19)22(27)25(21(17)26)14-16-9-10-18(23)15(3)13-16;1-14-12-15(8-9-17(14)22)13-23-20(25)16-6-5-7-18(19(16)21(23)26)27-11-10-24(2,3)4;2*1-13-11-14(7-8-16(13)21)12-23-19(24)15-5-4-6-17(18(15)20(23)25)26-10-9-22(2)3;;;;/h2*6-10,13H,4-5,11-12,14H2,1-3H3;5-9,12H,10-11,13H2,1-4H3;2*4-8,11H,9-10,12H2,1-3H3;3*1H4;1H/q;;+1;;;;;;/p-1. The Balaban J connectivity index is 0.000000235. The van der Waals surface area contributed by atoms with Crippen LogP contribution in [-0.2, 0) is 32.7 Å². The first-order chi connectivity index (χ1) is 64.3. The summed E-state index contributed by atoms with van der Waals surface area (Å²) in [5, 5.41) is 3.31. The fourth-order valence-corrected chi connectivity index (χ4v) is 16.1. The molecule has 25 nitrogen and oxygen atoms in total. The molecule has 10 aromatic rings. The van der Waals surface area contributed by atoms with E-state index in [2.05, 4.69) is 58.6 Å². The number of nitrogens with zero attached hydrogens (tertiary/aromatic N) is 10. The second-order valence-corrected chi connectivity index (χ2v) is 36.7. The maximum absolute atomic E-state index is 13.0. The van der Waals surface area contributed by atoms with E-state index < -0.39 is 0 Å². The summed E-state index contributed by atoms with van der Waals surface area (Å²) in [6, 6.07) is 53.4. The highest BCUT2D eigenvalue weighted by Gasteiger charge is 2.44. The molecule has 0 saturated carbocycles. The number of carbonyl (C=O) groups excluding carboxylic acids is 10. The van der Waals surface area contributed by atoms with Gasteiger partial charge in [0, 0.05) is 51.3 Å². The number of hydrogen-bond donors (Lipinski definition) is 0. The number of amides is 10. The summed E-state index contributed by atoms with van der Waals surface area (Å²) in [5.41, 5.74) is 12.6. The van der Waals surface area contributed by atoms with Crippen LogP contribution < -0.4 is 36.1 Å². The zero-order valence-electron chi connectivity index (χ0n) is 79.6. The Morgan fingerprint density at radius 2 is 0.460 bits per heavy atom. The SMILES string of the molecule is C.C.C.CCN(CC)CCOc1cccc2c1C(=O)N(Cc1ccc(Cl)c(C)c1)C2=O.CCN(CC)CCOc1cccc2c1C(=O)N(Cc1ccc(Cl)c(C)c1)C2=O.Cc1cc(CN2C(=O)c3cccc(OCCN(C)C)c3C2=O)ccc1Cl.Cc1cc(CN2C(=O)c3cccc(OCCN(C)C)c3C2=O)ccc1Cl.Cc1cc(CN2C(=O)c3cccc(OCC[N+](C)(C)C)c3C2=O)ccc1Cl.[Cl-]. The van der Waals surface area contributed by atoms with Crippen molar-refractivity contribution in [2.75, 3.05) is 141 Å². The fourth-order valence-electron chi connectivity index (χ4n) is 15.5. The van der Waals surface area contributed by atoms with Crippen molar-refractivity contribution >= 4 is 117 Å². The van der Waals surface area contributed by atoms with Gasteiger partial charge in [0.25, 0.3) is 59.1 Å². The maximum Gasteiger partial charge on any atom is 0.265 e. The number of halogens is 6. The van der Waals surface area contributed by atoms with E-state index in [1.807, 2.05) is 133 Å². The van der Waals surface area contributed by atoms with Crippen molar-refractivity contribution in [2.45, 2.75) is 117 Å². The first-order valence-corrected chi connectivity index (χ1v) is 46.6. The molecule has 5 aliphatic rings. The molecule has 0 bridgehead atoms. The Bertz CT molecular complexity index is 5830. The molecule has 0 N–H and O–H groups in total. The molecular formula is C108H128Cl6N10O15. The molecule has 0 aliphatic carbocycles. The second-order valence-electron chi connectivity index (χ2n) is 34.7. The highest BCUT2D eigenvalue weighted by Crippen LogP contribution is 2.39. The third kappa shape index (κ3) is 28.4. The normalized spacial score (nSPS) is 13.1. The van der Waals surface area contributed by atoms with E-state index in [4.69, 9.17) is 81.7 Å². The van der Waals surface area contributed by atoms with Gasteiger partial charge < -0.3 is 60.2 Å². The molecule has 0 saturated heterocycles. The van der Waals surface area contributed by atoms with E-state index in [1.165, 1.54) is 24.5 Å². The number of benzene rings is 10. The Labute approximate surface area is 849 Å². The lowest BCUT2D eigenvalue weighted by Gasteiger charge is -2.23. The minimum absolute atomic E-state index is 0. The summed E-state index contributed by atoms with van der Waals surface area (Å²) in [4.78, 5) is 143. The lowest BCUT2D eigenvalue weighted by atomic mass is 10.1. The van der Waals surface area contributed by atoms with Crippen LogP contribution in [0.2, 0.25) is 25.1 Å². The van der Waals surface area contributed by atoms with Crippen LogP contribution in [0, 0.1) is 34.6 Å². The minimum Gasteiger partial charge on any atom is -1.00 e. The Kier molecular flexibility index (Phi) is 42.9. The summed E-state index contributed by atoms with van der Waals surface area (Å²) in [6.45, 7) is 28.8. The van der Waals surface area contributed by atoms with Crippen molar-refractivity contribution in [3.8, 4) is 28.7 Å². The highest BCUT2D eigenvalue weighted by atomic mass is 35.5. The number of ether oxygens (including phenoxy) is 5. The van der Waals surface area contributed by atoms with Crippen LogP contribution in [0.1, 0.15) is 209 Å². The van der Waals surface area contributed by atoms with Crippen molar-refractivity contribution in [3.05, 3.63) is 318 Å². The predicted molar refractivity (Wildman–Crippen MR) is 547 cm³/mol. The molecule has 10 aromatic carbocycles. The van der Waals surface area contributed by atoms with Gasteiger partial charge in [0.05, 0.1) is 110 Å². The van der Waals surface area contributed by atoms with Gasteiger partial charge in [0.15, 0.2) is 0 Å². The number of likely N-dealkylation sites (N-methyl/N-ethyl adjacent to an activating group) is 5. The maximum atomic E-state index is 13.0. The number of carbonyl (C=O) groups is 10. The zero-order valence-corrected chi connectivity index (χ0v) is 84.2. The quantitative estimate of drug-likeness (QED) is 0.0269. The number of quaternary nitrogens is 1. The Morgan fingerprint density at radius 3 is 0.633 bits per heavy atom. The molecule has 5 heterocycles. The van der Waals surface area contributed by atoms with Gasteiger partial charge in [-0.05, 0) is 236 Å². The topological polar surface area (TPSA) is 246 Å². The first-order valence-electron chi connectivity index (χ1n) is 44.8. The summed E-state index contributed by atoms with van der Waals surface area (Å²) in [6.07, 6.45) is 0. The average molecular weight is 2020 g/mol. The molecule has 0 fully saturated rings. The molecule has 31 heteroatoms. The first kappa shape index (κ1) is 114. The Hall–Kier alpha value is -11.6. The second kappa shape index (κ2) is 52.1. The van der Waals surface area contributed by atoms with Gasteiger partial charge in [-0.2, -0.15) is 0 Å². The molecule has 10 amide bonds. The van der Waals surface area contributed by atoms with E-state index in [0.29, 0.717) is 143 Å². The Morgan fingerprint density at radius 1 is 0.273 bits per heavy atom. The van der Waals surface area contributed by atoms with Crippen LogP contribution in [0.15, 0.2) is 182 Å². The third-order valence-electron chi connectivity index (χ3n) is 23.4. The number of imide groups is 5. The summed E-state index contributed by atoms with van der Waals surface area (Å²) in [5.74, 6) is -0.731. The van der Waals surface area contributed by atoms with Crippen LogP contribution >= 0.6 is 58.0 Å². The molecule has 0 radical (unpaired) electrons. The predicted octanol–water partition coefficient (Wildman–Crippen LogP) is 17.5. The van der Waals surface area contributed by atoms with E-state index >= 15 is 0 Å². The molecule has 0 spiro atoms. The molecule has 0 unspecified atom stereocenters. The molecule has 139 heavy (non-hydrogen) atoms. The molecule has 15 rings (SSSR count). The van der Waals surface area contributed by atoms with E-state index in [0.717, 1.165) is 119 Å². The molecular weight excluding hydrogens is 1890 g/mol. The van der Waals surface area contributed by atoms with Gasteiger partial charge in [-0.1, -0.05) is 199 Å². The van der Waals surface area contributed by atoms with Gasteiger partial charge in [-0.3, -0.25) is 72.4 Å². The van der Waals surface area contributed by atoms with Crippen LogP contribution in [0.25, 0.3) is 0 Å². The lowest BCUT2D eigenvalue weighted by Crippen LogP contribution is -3.00. The monoisotopic (exact) mass is 2010 g/mol.